The van der Waals surface area contributed by atoms with Crippen LogP contribution in [0.3, 0.4) is 0 Å². The monoisotopic (exact) mass is 497 g/mol. The number of hydrogen-bond acceptors (Lipinski definition) is 6. The summed E-state index contributed by atoms with van der Waals surface area (Å²) >= 11 is 0. The summed E-state index contributed by atoms with van der Waals surface area (Å²) in [6, 6.07) is 12.7. The van der Waals surface area contributed by atoms with Crippen molar-refractivity contribution in [3.05, 3.63) is 65.7 Å². The normalized spacial score (nSPS) is 14.1. The Labute approximate surface area is 210 Å². The zero-order chi connectivity index (χ0) is 26.7. The fourth-order valence-electron chi connectivity index (χ4n) is 3.54. The van der Waals surface area contributed by atoms with Gasteiger partial charge in [-0.25, -0.2) is 0 Å². The number of rotatable bonds is 13. The summed E-state index contributed by atoms with van der Waals surface area (Å²) in [5.74, 6) is -2.45. The smallest absolute Gasteiger partial charge is 0.243 e. The number of primary amides is 1. The Morgan fingerprint density at radius 1 is 0.889 bits per heavy atom. The molecule has 1 unspecified atom stereocenters. The molecular weight excluding hydrogens is 462 g/mol. The van der Waals surface area contributed by atoms with Gasteiger partial charge in [-0.1, -0.05) is 62.7 Å². The molecule has 0 aliphatic rings. The van der Waals surface area contributed by atoms with Gasteiger partial charge in [-0.3, -0.25) is 19.2 Å². The summed E-state index contributed by atoms with van der Waals surface area (Å²) < 4.78 is 0. The van der Waals surface area contributed by atoms with Crippen molar-refractivity contribution in [2.75, 3.05) is 6.54 Å². The number of benzene rings is 2. The summed E-state index contributed by atoms with van der Waals surface area (Å²) in [6.45, 7) is 3.30. The van der Waals surface area contributed by atoms with E-state index in [0.717, 1.165) is 11.1 Å². The summed E-state index contributed by atoms with van der Waals surface area (Å²) in [6.07, 6.45) is 1.03. The van der Waals surface area contributed by atoms with Gasteiger partial charge in [-0.05, 0) is 35.6 Å². The van der Waals surface area contributed by atoms with Crippen molar-refractivity contribution >= 4 is 23.6 Å². The lowest BCUT2D eigenvalue weighted by atomic mass is 9.97. The van der Waals surface area contributed by atoms with E-state index in [1.54, 1.807) is 19.1 Å². The molecule has 2 rings (SSSR count). The molecule has 0 aliphatic carbocycles. The molecule has 10 heteroatoms. The van der Waals surface area contributed by atoms with Crippen LogP contribution in [0.4, 0.5) is 0 Å². The van der Waals surface area contributed by atoms with Crippen LogP contribution in [-0.2, 0) is 32.0 Å². The first-order valence-electron chi connectivity index (χ1n) is 11.8. The number of nitrogens with one attached hydrogen (secondary N) is 3. The van der Waals surface area contributed by atoms with Crippen molar-refractivity contribution in [1.29, 1.82) is 0 Å². The van der Waals surface area contributed by atoms with E-state index in [4.69, 9.17) is 11.5 Å². The van der Waals surface area contributed by atoms with Crippen molar-refractivity contribution in [2.24, 2.45) is 17.4 Å². The first-order valence-corrected chi connectivity index (χ1v) is 11.8. The fraction of sp³-hybridized carbons (Fsp3) is 0.385. The molecule has 0 radical (unpaired) electrons. The predicted molar refractivity (Wildman–Crippen MR) is 135 cm³/mol. The number of nitrogens with two attached hydrogens (primary N) is 2. The highest BCUT2D eigenvalue weighted by Gasteiger charge is 2.29. The van der Waals surface area contributed by atoms with Crippen molar-refractivity contribution < 1.29 is 24.3 Å². The molecule has 8 N–H and O–H groups in total. The van der Waals surface area contributed by atoms with Crippen molar-refractivity contribution in [2.45, 2.75) is 51.2 Å². The van der Waals surface area contributed by atoms with E-state index in [1.165, 1.54) is 12.1 Å². The molecule has 0 saturated carbocycles. The van der Waals surface area contributed by atoms with Crippen LogP contribution in [0.1, 0.15) is 31.4 Å². The number of phenols is 1. The topological polar surface area (TPSA) is 177 Å². The Balaban J connectivity index is 1.93. The Bertz CT molecular complexity index is 1030. The molecule has 0 heterocycles. The number of carbonyl (C=O) groups is 4. The van der Waals surface area contributed by atoms with Crippen LogP contribution < -0.4 is 27.4 Å². The fourth-order valence-corrected chi connectivity index (χ4v) is 3.54. The molecule has 0 aliphatic heterocycles. The Hall–Kier alpha value is -3.92. The molecule has 4 atom stereocenters. The highest BCUT2D eigenvalue weighted by molar-refractivity contribution is 5.93. The second kappa shape index (κ2) is 13.8. The molecule has 2 aromatic carbocycles. The zero-order valence-electron chi connectivity index (χ0n) is 20.6. The van der Waals surface area contributed by atoms with Gasteiger partial charge in [0.2, 0.25) is 23.6 Å². The third-order valence-corrected chi connectivity index (χ3v) is 5.91. The van der Waals surface area contributed by atoms with Gasteiger partial charge < -0.3 is 32.5 Å². The van der Waals surface area contributed by atoms with E-state index in [1.807, 2.05) is 37.3 Å². The summed E-state index contributed by atoms with van der Waals surface area (Å²) in [5.41, 5.74) is 13.0. The summed E-state index contributed by atoms with van der Waals surface area (Å²) in [7, 11) is 0. The molecule has 0 aromatic heterocycles. The molecule has 10 nitrogen and oxygen atoms in total. The zero-order valence-corrected chi connectivity index (χ0v) is 20.6. The molecule has 0 saturated heterocycles. The first kappa shape index (κ1) is 28.3. The maximum Gasteiger partial charge on any atom is 0.243 e. The van der Waals surface area contributed by atoms with Gasteiger partial charge in [0, 0.05) is 6.42 Å². The maximum atomic E-state index is 13.0. The van der Waals surface area contributed by atoms with Gasteiger partial charge in [0.15, 0.2) is 0 Å². The highest BCUT2D eigenvalue weighted by atomic mass is 16.3. The lowest BCUT2D eigenvalue weighted by Crippen LogP contribution is -2.57. The third kappa shape index (κ3) is 9.03. The van der Waals surface area contributed by atoms with Crippen LogP contribution in [0.25, 0.3) is 0 Å². The number of phenolic OH excluding ortho intramolecular Hbond substituents is 1. The lowest BCUT2D eigenvalue weighted by Gasteiger charge is -2.26. The van der Waals surface area contributed by atoms with Crippen LogP contribution in [-0.4, -0.2) is 53.4 Å². The standard InChI is InChI=1S/C26H35N5O5/c1-3-16(2)23(26(36)30-21(24(28)34)14-17-7-5-4-6-8-17)31-22(33)15-29-25(35)20(27)13-18-9-11-19(32)12-10-18/h4-12,16,20-21,23,32H,3,13-15,27H2,1-2H3,(H2,28,34)(H,29,35)(H,30,36)(H,31,33)/t16?,20-,21-,23-/m0/s1. The van der Waals surface area contributed by atoms with Crippen molar-refractivity contribution in [3.63, 3.8) is 0 Å². The molecule has 2 aromatic rings. The van der Waals surface area contributed by atoms with Crippen LogP contribution in [0.2, 0.25) is 0 Å². The number of aromatic hydroxyl groups is 1. The third-order valence-electron chi connectivity index (χ3n) is 5.91. The van der Waals surface area contributed by atoms with Crippen molar-refractivity contribution in [1.82, 2.24) is 16.0 Å². The van der Waals surface area contributed by atoms with E-state index in [-0.39, 0.29) is 31.1 Å². The Morgan fingerprint density at radius 3 is 2.08 bits per heavy atom. The second-order valence-electron chi connectivity index (χ2n) is 8.78. The molecule has 194 valence electrons. The summed E-state index contributed by atoms with van der Waals surface area (Å²) in [4.78, 5) is 49.8. The van der Waals surface area contributed by atoms with Gasteiger partial charge in [-0.2, -0.15) is 0 Å². The average Bonchev–Trinajstić information content (AvgIpc) is 2.86. The van der Waals surface area contributed by atoms with E-state index in [0.29, 0.717) is 6.42 Å². The number of amides is 4. The number of hydrogen-bond donors (Lipinski definition) is 6. The minimum Gasteiger partial charge on any atom is -0.508 e. The van der Waals surface area contributed by atoms with E-state index >= 15 is 0 Å². The number of carbonyl (C=O) groups excluding carboxylic acids is 4. The summed E-state index contributed by atoms with van der Waals surface area (Å²) in [5, 5.41) is 17.1. The molecule has 0 spiro atoms. The van der Waals surface area contributed by atoms with E-state index in [9.17, 15) is 24.3 Å². The average molecular weight is 498 g/mol. The molecule has 36 heavy (non-hydrogen) atoms. The largest absolute Gasteiger partial charge is 0.508 e. The maximum absolute atomic E-state index is 13.0. The van der Waals surface area contributed by atoms with Gasteiger partial charge in [0.05, 0.1) is 12.6 Å². The lowest BCUT2D eigenvalue weighted by molar-refractivity contribution is -0.132. The molecule has 4 amide bonds. The molecule has 0 fully saturated rings. The Morgan fingerprint density at radius 2 is 1.50 bits per heavy atom. The van der Waals surface area contributed by atoms with Gasteiger partial charge in [0.1, 0.15) is 17.8 Å². The van der Waals surface area contributed by atoms with E-state index < -0.39 is 41.8 Å². The SMILES string of the molecule is CCC(C)[C@H](NC(=O)CNC(=O)[C@@H](N)Cc1ccc(O)cc1)C(=O)N[C@@H](Cc1ccccc1)C(N)=O. The van der Waals surface area contributed by atoms with Crippen LogP contribution >= 0.6 is 0 Å². The van der Waals surface area contributed by atoms with Gasteiger partial charge >= 0.3 is 0 Å². The van der Waals surface area contributed by atoms with Crippen LogP contribution in [0.15, 0.2) is 54.6 Å². The van der Waals surface area contributed by atoms with E-state index in [2.05, 4.69) is 16.0 Å². The molecular formula is C26H35N5O5. The Kier molecular flexibility index (Phi) is 10.9. The van der Waals surface area contributed by atoms with Gasteiger partial charge in [-0.15, -0.1) is 0 Å². The highest BCUT2D eigenvalue weighted by Crippen LogP contribution is 2.11. The molecule has 0 bridgehead atoms. The quantitative estimate of drug-likeness (QED) is 0.229. The van der Waals surface area contributed by atoms with Crippen LogP contribution in [0, 0.1) is 5.92 Å². The van der Waals surface area contributed by atoms with Crippen LogP contribution in [0.5, 0.6) is 5.75 Å². The predicted octanol–water partition coefficient (Wildman–Crippen LogP) is 0.122. The minimum atomic E-state index is -0.944. The first-order chi connectivity index (χ1) is 17.1. The minimum absolute atomic E-state index is 0.107. The van der Waals surface area contributed by atoms with Crippen molar-refractivity contribution in [3.8, 4) is 5.75 Å². The van der Waals surface area contributed by atoms with Gasteiger partial charge in [0.25, 0.3) is 0 Å². The second-order valence-corrected chi connectivity index (χ2v) is 8.78.